The molecule has 1 aromatic heterocycles. The van der Waals surface area contributed by atoms with Crippen molar-refractivity contribution >= 4 is 33.4 Å². The first-order chi connectivity index (χ1) is 18.5. The van der Waals surface area contributed by atoms with E-state index < -0.39 is 6.23 Å². The first kappa shape index (κ1) is 22.5. The van der Waals surface area contributed by atoms with Gasteiger partial charge in [-0.05, 0) is 54.3 Å². The molecule has 6 aromatic rings. The van der Waals surface area contributed by atoms with Crippen LogP contribution in [-0.4, -0.2) is 15.6 Å². The normalized spacial score (nSPS) is 15.0. The van der Waals surface area contributed by atoms with Crippen LogP contribution in [0.1, 0.15) is 33.3 Å². The minimum atomic E-state index is -1.07. The number of nitrogens with zero attached hydrogens (tertiary/aromatic N) is 2. The average molecular weight is 495 g/mol. The molecule has 0 spiro atoms. The Morgan fingerprint density at radius 3 is 1.95 bits per heavy atom. The van der Waals surface area contributed by atoms with Crippen LogP contribution in [0.3, 0.4) is 0 Å². The number of aromatic nitrogens is 1. The van der Waals surface area contributed by atoms with Crippen molar-refractivity contribution in [1.82, 2.24) is 4.57 Å². The Morgan fingerprint density at radius 2 is 1.26 bits per heavy atom. The highest BCUT2D eigenvalue weighted by Crippen LogP contribution is 2.43. The van der Waals surface area contributed by atoms with Crippen LogP contribution in [0.25, 0.3) is 38.6 Å². The van der Waals surface area contributed by atoms with Crippen LogP contribution >= 0.6 is 0 Å². The van der Waals surface area contributed by atoms with Crippen LogP contribution in [0.15, 0.2) is 109 Å². The second-order valence-corrected chi connectivity index (χ2v) is 9.98. The molecule has 2 heterocycles. The maximum Gasteiger partial charge on any atom is 0.263 e. The standard InChI is InChI=1S/C34H26N2O2/c1-21-10-6-16-26-27-17-7-11-22(2)32(27)36(31(21)26)29-19-9-18-28-30(29)34(38)35(33(28)37)25-15-8-14-24(20-25)23-12-4-3-5-13-23/h3-20,33,37H,1-2H3. The molecule has 0 saturated heterocycles. The Balaban J connectivity index is 1.45. The van der Waals surface area contributed by atoms with Crippen LogP contribution in [0.5, 0.6) is 0 Å². The maximum atomic E-state index is 14.2. The summed E-state index contributed by atoms with van der Waals surface area (Å²) in [6.07, 6.45) is -1.07. The van der Waals surface area contributed by atoms with Gasteiger partial charge in [-0.1, -0.05) is 91.0 Å². The minimum Gasteiger partial charge on any atom is -0.369 e. The van der Waals surface area contributed by atoms with Crippen LogP contribution in [-0.2, 0) is 0 Å². The quantitative estimate of drug-likeness (QED) is 0.274. The van der Waals surface area contributed by atoms with E-state index in [1.165, 1.54) is 4.90 Å². The molecule has 1 N–H and O–H groups in total. The predicted octanol–water partition coefficient (Wildman–Crippen LogP) is 7.72. The van der Waals surface area contributed by atoms with Crippen molar-refractivity contribution in [2.75, 3.05) is 4.90 Å². The molecule has 0 aliphatic carbocycles. The minimum absolute atomic E-state index is 0.203. The van der Waals surface area contributed by atoms with E-state index in [0.29, 0.717) is 16.8 Å². The number of hydrogen-bond donors (Lipinski definition) is 1. The Labute approximate surface area is 221 Å². The summed E-state index contributed by atoms with van der Waals surface area (Å²) in [6, 6.07) is 36.3. The number of amides is 1. The number of hydrogen-bond acceptors (Lipinski definition) is 2. The van der Waals surface area contributed by atoms with Gasteiger partial charge in [0, 0.05) is 22.0 Å². The molecule has 1 aliphatic rings. The summed E-state index contributed by atoms with van der Waals surface area (Å²) in [5.41, 5.74) is 9.10. The van der Waals surface area contributed by atoms with Crippen LogP contribution in [0.2, 0.25) is 0 Å². The SMILES string of the molecule is Cc1cccc2c3cccc(C)c3n(-c3cccc4c3C(=O)N(c3cccc(-c5ccccc5)c3)C4O)c12. The Hall–Kier alpha value is -4.67. The lowest BCUT2D eigenvalue weighted by molar-refractivity contribution is 0.0935. The average Bonchev–Trinajstić information content (AvgIpc) is 3.43. The molecular formula is C34H26N2O2. The fourth-order valence-corrected chi connectivity index (χ4v) is 5.99. The van der Waals surface area contributed by atoms with Gasteiger partial charge in [0.15, 0.2) is 6.23 Å². The molecule has 1 unspecified atom stereocenters. The van der Waals surface area contributed by atoms with Crippen LogP contribution in [0, 0.1) is 13.8 Å². The zero-order chi connectivity index (χ0) is 26.0. The molecule has 0 bridgehead atoms. The van der Waals surface area contributed by atoms with E-state index >= 15 is 0 Å². The fourth-order valence-electron chi connectivity index (χ4n) is 5.99. The smallest absolute Gasteiger partial charge is 0.263 e. The first-order valence-corrected chi connectivity index (χ1v) is 12.8. The number of benzene rings is 5. The second-order valence-electron chi connectivity index (χ2n) is 9.98. The fraction of sp³-hybridized carbons (Fsp3) is 0.0882. The van der Waals surface area contributed by atoms with Crippen molar-refractivity contribution in [2.45, 2.75) is 20.1 Å². The zero-order valence-corrected chi connectivity index (χ0v) is 21.2. The topological polar surface area (TPSA) is 45.5 Å². The molecule has 4 nitrogen and oxygen atoms in total. The van der Waals surface area contributed by atoms with Gasteiger partial charge in [0.25, 0.3) is 5.91 Å². The molecule has 0 radical (unpaired) electrons. The Kier molecular flexibility index (Phi) is 5.00. The highest BCUT2D eigenvalue weighted by molar-refractivity contribution is 6.16. The van der Waals surface area contributed by atoms with E-state index in [0.717, 1.165) is 49.7 Å². The molecule has 1 aliphatic heterocycles. The molecule has 7 rings (SSSR count). The molecular weight excluding hydrogens is 468 g/mol. The summed E-state index contributed by atoms with van der Waals surface area (Å²) in [4.78, 5) is 15.7. The molecule has 0 saturated carbocycles. The van der Waals surface area contributed by atoms with Gasteiger partial charge >= 0.3 is 0 Å². The van der Waals surface area contributed by atoms with Gasteiger partial charge in [0.1, 0.15) is 0 Å². The first-order valence-electron chi connectivity index (χ1n) is 12.8. The third-order valence-electron chi connectivity index (χ3n) is 7.72. The highest BCUT2D eigenvalue weighted by Gasteiger charge is 2.39. The third kappa shape index (κ3) is 3.17. The van der Waals surface area contributed by atoms with E-state index in [9.17, 15) is 9.90 Å². The van der Waals surface area contributed by atoms with Crippen LogP contribution < -0.4 is 4.90 Å². The number of anilines is 1. The maximum absolute atomic E-state index is 14.2. The number of carbonyl (C=O) groups excluding carboxylic acids is 1. The summed E-state index contributed by atoms with van der Waals surface area (Å²) >= 11 is 0. The van der Waals surface area contributed by atoms with Gasteiger partial charge in [-0.15, -0.1) is 0 Å². The number of aryl methyl sites for hydroxylation is 2. The van der Waals surface area contributed by atoms with Crippen molar-refractivity contribution < 1.29 is 9.90 Å². The van der Waals surface area contributed by atoms with Crippen molar-refractivity contribution in [3.63, 3.8) is 0 Å². The van der Waals surface area contributed by atoms with Crippen molar-refractivity contribution in [1.29, 1.82) is 0 Å². The summed E-state index contributed by atoms with van der Waals surface area (Å²) in [7, 11) is 0. The summed E-state index contributed by atoms with van der Waals surface area (Å²) in [5, 5.41) is 13.8. The highest BCUT2D eigenvalue weighted by atomic mass is 16.3. The van der Waals surface area contributed by atoms with Gasteiger partial charge in [-0.3, -0.25) is 9.69 Å². The van der Waals surface area contributed by atoms with Gasteiger partial charge in [0.05, 0.1) is 22.3 Å². The van der Waals surface area contributed by atoms with Crippen LogP contribution in [0.4, 0.5) is 5.69 Å². The number of rotatable bonds is 3. The predicted molar refractivity (Wildman–Crippen MR) is 154 cm³/mol. The molecule has 0 fully saturated rings. The largest absolute Gasteiger partial charge is 0.369 e. The van der Waals surface area contributed by atoms with E-state index in [1.54, 1.807) is 0 Å². The molecule has 4 heteroatoms. The molecule has 184 valence electrons. The lowest BCUT2D eigenvalue weighted by Crippen LogP contribution is -2.27. The summed E-state index contributed by atoms with van der Waals surface area (Å²) in [6.45, 7) is 4.21. The van der Waals surface area contributed by atoms with Crippen molar-refractivity contribution in [3.05, 3.63) is 131 Å². The van der Waals surface area contributed by atoms with Crippen molar-refractivity contribution in [3.8, 4) is 16.8 Å². The Morgan fingerprint density at radius 1 is 0.658 bits per heavy atom. The molecule has 38 heavy (non-hydrogen) atoms. The van der Waals surface area contributed by atoms with E-state index in [-0.39, 0.29) is 5.91 Å². The number of carbonyl (C=O) groups is 1. The van der Waals surface area contributed by atoms with Gasteiger partial charge in [-0.25, -0.2) is 0 Å². The van der Waals surface area contributed by atoms with Crippen molar-refractivity contribution in [2.24, 2.45) is 0 Å². The molecule has 1 amide bonds. The van der Waals surface area contributed by atoms with E-state index in [1.807, 2.05) is 72.8 Å². The van der Waals surface area contributed by atoms with Gasteiger partial charge < -0.3 is 9.67 Å². The van der Waals surface area contributed by atoms with Gasteiger partial charge in [0.2, 0.25) is 0 Å². The summed E-state index contributed by atoms with van der Waals surface area (Å²) in [5.74, 6) is -0.203. The lowest BCUT2D eigenvalue weighted by atomic mass is 10.0. The number of aliphatic hydroxyl groups is 1. The van der Waals surface area contributed by atoms with Gasteiger partial charge in [-0.2, -0.15) is 0 Å². The number of para-hydroxylation sites is 2. The number of aliphatic hydroxyl groups excluding tert-OH is 1. The lowest BCUT2D eigenvalue weighted by Gasteiger charge is -2.21. The molecule has 5 aromatic carbocycles. The zero-order valence-electron chi connectivity index (χ0n) is 21.2. The third-order valence-corrected chi connectivity index (χ3v) is 7.72. The monoisotopic (exact) mass is 494 g/mol. The second kappa shape index (κ2) is 8.44. The summed E-state index contributed by atoms with van der Waals surface area (Å²) < 4.78 is 2.21. The Bertz CT molecular complexity index is 1830. The molecule has 1 atom stereocenters. The van der Waals surface area contributed by atoms with E-state index in [2.05, 4.69) is 54.8 Å². The number of fused-ring (bicyclic) bond motifs is 4. The van der Waals surface area contributed by atoms with E-state index in [4.69, 9.17) is 0 Å².